The summed E-state index contributed by atoms with van der Waals surface area (Å²) in [7, 11) is 1.72. The Bertz CT molecular complexity index is 673. The van der Waals surface area contributed by atoms with Crippen molar-refractivity contribution in [2.45, 2.75) is 6.61 Å². The number of rotatable bonds is 3. The number of H-pyrrole nitrogens is 1. The summed E-state index contributed by atoms with van der Waals surface area (Å²) in [6.45, 7) is 0.614. The van der Waals surface area contributed by atoms with Crippen LogP contribution in [0.25, 0.3) is 22.2 Å². The van der Waals surface area contributed by atoms with Gasteiger partial charge in [-0.25, -0.2) is 4.98 Å². The number of nitrogens with one attached hydrogen (secondary N) is 1. The van der Waals surface area contributed by atoms with Gasteiger partial charge in [0.15, 0.2) is 0 Å². The molecule has 0 aliphatic carbocycles. The summed E-state index contributed by atoms with van der Waals surface area (Å²) in [6.07, 6.45) is 3.80. The van der Waals surface area contributed by atoms with Gasteiger partial charge in [0, 0.05) is 30.5 Å². The lowest BCUT2D eigenvalue weighted by Crippen LogP contribution is -1.91. The van der Waals surface area contributed by atoms with Crippen LogP contribution in [0.2, 0.25) is 0 Å². The molecule has 0 unspecified atom stereocenters. The molecule has 3 aromatic rings. The molecule has 0 spiro atoms. The van der Waals surface area contributed by atoms with Crippen molar-refractivity contribution in [2.24, 2.45) is 0 Å². The fourth-order valence-corrected chi connectivity index (χ4v) is 2.24. The Morgan fingerprint density at radius 2 is 2.00 bits per heavy atom. The molecule has 0 aliphatic rings. The number of methoxy groups -OCH3 is 1. The van der Waals surface area contributed by atoms with E-state index in [2.05, 4.69) is 28.2 Å². The average Bonchev–Trinajstić information content (AvgIpc) is 2.84. The van der Waals surface area contributed by atoms with Crippen molar-refractivity contribution >= 4 is 11.0 Å². The molecule has 0 saturated carbocycles. The fourth-order valence-electron chi connectivity index (χ4n) is 2.24. The van der Waals surface area contributed by atoms with Crippen LogP contribution in [0.15, 0.2) is 48.8 Å². The number of hydrogen-bond donors (Lipinski definition) is 1. The van der Waals surface area contributed by atoms with E-state index in [9.17, 15) is 0 Å². The molecule has 0 bridgehead atoms. The van der Waals surface area contributed by atoms with Gasteiger partial charge in [-0.05, 0) is 23.3 Å². The third-order valence-electron chi connectivity index (χ3n) is 3.06. The van der Waals surface area contributed by atoms with Gasteiger partial charge in [-0.1, -0.05) is 24.3 Å². The third-order valence-corrected chi connectivity index (χ3v) is 3.06. The Hall–Kier alpha value is -2.13. The summed E-state index contributed by atoms with van der Waals surface area (Å²) in [5.41, 5.74) is 4.47. The first-order valence-corrected chi connectivity index (χ1v) is 5.89. The van der Waals surface area contributed by atoms with Gasteiger partial charge in [-0.3, -0.25) is 0 Å². The van der Waals surface area contributed by atoms with Crippen LogP contribution in [0.3, 0.4) is 0 Å². The van der Waals surface area contributed by atoms with Crippen molar-refractivity contribution in [2.75, 3.05) is 7.11 Å². The quantitative estimate of drug-likeness (QED) is 0.759. The highest BCUT2D eigenvalue weighted by Gasteiger charge is 2.09. The number of hydrogen-bond acceptors (Lipinski definition) is 2. The topological polar surface area (TPSA) is 37.9 Å². The third kappa shape index (κ3) is 1.79. The normalized spacial score (nSPS) is 10.9. The van der Waals surface area contributed by atoms with Crippen LogP contribution < -0.4 is 0 Å². The van der Waals surface area contributed by atoms with E-state index in [1.54, 1.807) is 13.3 Å². The summed E-state index contributed by atoms with van der Waals surface area (Å²) in [4.78, 5) is 7.52. The van der Waals surface area contributed by atoms with Crippen LogP contribution in [0, 0.1) is 0 Å². The average molecular weight is 238 g/mol. The number of fused-ring (bicyclic) bond motifs is 1. The maximum Gasteiger partial charge on any atom is 0.137 e. The molecule has 0 amide bonds. The van der Waals surface area contributed by atoms with Gasteiger partial charge in [-0.2, -0.15) is 0 Å². The van der Waals surface area contributed by atoms with Gasteiger partial charge in [0.25, 0.3) is 0 Å². The number of aromatic amines is 1. The highest BCUT2D eigenvalue weighted by molar-refractivity contribution is 5.94. The minimum Gasteiger partial charge on any atom is -0.380 e. The van der Waals surface area contributed by atoms with Crippen molar-refractivity contribution in [3.8, 4) is 11.1 Å². The smallest absolute Gasteiger partial charge is 0.137 e. The monoisotopic (exact) mass is 238 g/mol. The molecule has 1 aromatic carbocycles. The number of benzene rings is 1. The summed E-state index contributed by atoms with van der Waals surface area (Å²) in [5, 5.41) is 1.14. The number of pyridine rings is 1. The van der Waals surface area contributed by atoms with Gasteiger partial charge in [0.05, 0.1) is 6.61 Å². The molecular formula is C15H14N2O. The second kappa shape index (κ2) is 4.63. The first kappa shape index (κ1) is 11.0. The van der Waals surface area contributed by atoms with E-state index in [1.165, 1.54) is 16.7 Å². The molecule has 90 valence electrons. The predicted molar refractivity (Wildman–Crippen MR) is 72.2 cm³/mol. The molecule has 18 heavy (non-hydrogen) atoms. The highest BCUT2D eigenvalue weighted by Crippen LogP contribution is 2.30. The van der Waals surface area contributed by atoms with Crippen LogP contribution in [-0.4, -0.2) is 17.1 Å². The first-order valence-electron chi connectivity index (χ1n) is 5.89. The Kier molecular flexibility index (Phi) is 2.82. The molecular weight excluding hydrogens is 224 g/mol. The molecule has 2 aromatic heterocycles. The van der Waals surface area contributed by atoms with Gasteiger partial charge in [0.1, 0.15) is 5.65 Å². The zero-order chi connectivity index (χ0) is 12.4. The van der Waals surface area contributed by atoms with E-state index in [4.69, 9.17) is 4.74 Å². The number of aromatic nitrogens is 2. The van der Waals surface area contributed by atoms with Crippen molar-refractivity contribution in [1.82, 2.24) is 9.97 Å². The molecule has 1 N–H and O–H groups in total. The second-order valence-electron chi connectivity index (χ2n) is 4.19. The summed E-state index contributed by atoms with van der Waals surface area (Å²) < 4.78 is 5.25. The SMILES string of the molecule is COCc1ccccc1-c1c[nH]c2ncccc12. The van der Waals surface area contributed by atoms with E-state index in [1.807, 2.05) is 24.4 Å². The van der Waals surface area contributed by atoms with Gasteiger partial charge < -0.3 is 9.72 Å². The summed E-state index contributed by atoms with van der Waals surface area (Å²) in [5.74, 6) is 0. The molecule has 0 aliphatic heterocycles. The lowest BCUT2D eigenvalue weighted by Gasteiger charge is -2.07. The molecule has 2 heterocycles. The Morgan fingerprint density at radius 3 is 2.89 bits per heavy atom. The fraction of sp³-hybridized carbons (Fsp3) is 0.133. The molecule has 0 radical (unpaired) electrons. The van der Waals surface area contributed by atoms with E-state index in [0.29, 0.717) is 6.61 Å². The molecule has 3 nitrogen and oxygen atoms in total. The molecule has 3 rings (SSSR count). The lowest BCUT2D eigenvalue weighted by atomic mass is 10.0. The Morgan fingerprint density at radius 1 is 1.11 bits per heavy atom. The zero-order valence-corrected chi connectivity index (χ0v) is 10.2. The van der Waals surface area contributed by atoms with Crippen LogP contribution in [0.1, 0.15) is 5.56 Å². The van der Waals surface area contributed by atoms with Crippen molar-refractivity contribution in [3.05, 3.63) is 54.4 Å². The van der Waals surface area contributed by atoms with Gasteiger partial charge in [0.2, 0.25) is 0 Å². The van der Waals surface area contributed by atoms with Crippen LogP contribution >= 0.6 is 0 Å². The van der Waals surface area contributed by atoms with E-state index < -0.39 is 0 Å². The minimum atomic E-state index is 0.614. The minimum absolute atomic E-state index is 0.614. The van der Waals surface area contributed by atoms with Crippen molar-refractivity contribution in [3.63, 3.8) is 0 Å². The van der Waals surface area contributed by atoms with Gasteiger partial charge >= 0.3 is 0 Å². The van der Waals surface area contributed by atoms with Crippen LogP contribution in [0.5, 0.6) is 0 Å². The lowest BCUT2D eigenvalue weighted by molar-refractivity contribution is 0.185. The molecule has 0 saturated heterocycles. The zero-order valence-electron chi connectivity index (χ0n) is 10.2. The van der Waals surface area contributed by atoms with E-state index in [-0.39, 0.29) is 0 Å². The van der Waals surface area contributed by atoms with Crippen molar-refractivity contribution in [1.29, 1.82) is 0 Å². The van der Waals surface area contributed by atoms with Crippen molar-refractivity contribution < 1.29 is 4.74 Å². The standard InChI is InChI=1S/C15H14N2O/c1-18-10-11-5-2-3-6-12(11)14-9-17-15-13(14)7-4-8-16-15/h2-9H,10H2,1H3,(H,16,17). The predicted octanol–water partition coefficient (Wildman–Crippen LogP) is 3.38. The molecule has 3 heteroatoms. The number of nitrogens with zero attached hydrogens (tertiary/aromatic N) is 1. The van der Waals surface area contributed by atoms with Gasteiger partial charge in [-0.15, -0.1) is 0 Å². The second-order valence-corrected chi connectivity index (χ2v) is 4.19. The van der Waals surface area contributed by atoms with Crippen LogP contribution in [0.4, 0.5) is 0 Å². The Balaban J connectivity index is 2.20. The summed E-state index contributed by atoms with van der Waals surface area (Å²) in [6, 6.07) is 12.3. The van der Waals surface area contributed by atoms with Crippen LogP contribution in [-0.2, 0) is 11.3 Å². The first-order chi connectivity index (χ1) is 8.90. The molecule has 0 atom stereocenters. The van der Waals surface area contributed by atoms with E-state index >= 15 is 0 Å². The summed E-state index contributed by atoms with van der Waals surface area (Å²) >= 11 is 0. The number of ether oxygens (including phenoxy) is 1. The maximum absolute atomic E-state index is 5.25. The molecule has 0 fully saturated rings. The maximum atomic E-state index is 5.25. The Labute approximate surface area is 105 Å². The highest BCUT2D eigenvalue weighted by atomic mass is 16.5. The largest absolute Gasteiger partial charge is 0.380 e. The van der Waals surface area contributed by atoms with E-state index in [0.717, 1.165) is 11.0 Å².